The van der Waals surface area contributed by atoms with E-state index in [2.05, 4.69) is 9.97 Å². The molecule has 0 aliphatic heterocycles. The van der Waals surface area contributed by atoms with E-state index in [1.807, 2.05) is 37.3 Å². The van der Waals surface area contributed by atoms with Gasteiger partial charge in [0.05, 0.1) is 17.2 Å². The number of nitrogens with one attached hydrogen (secondary N) is 1. The van der Waals surface area contributed by atoms with Crippen LogP contribution >= 0.6 is 0 Å². The van der Waals surface area contributed by atoms with Crippen LogP contribution in [0.5, 0.6) is 0 Å². The van der Waals surface area contributed by atoms with E-state index in [1.54, 1.807) is 13.0 Å². The van der Waals surface area contributed by atoms with Gasteiger partial charge in [0, 0.05) is 0 Å². The summed E-state index contributed by atoms with van der Waals surface area (Å²) in [6, 6.07) is 9.66. The van der Waals surface area contributed by atoms with Crippen molar-refractivity contribution < 1.29 is 9.90 Å². The highest BCUT2D eigenvalue weighted by molar-refractivity contribution is 5.82. The second-order valence-electron chi connectivity index (χ2n) is 5.20. The predicted octanol–water partition coefficient (Wildman–Crippen LogP) is 2.83. The topological polar surface area (TPSA) is 83.0 Å². The number of carbonyl (C=O) groups is 1. The Morgan fingerprint density at radius 3 is 2.55 bits per heavy atom. The van der Waals surface area contributed by atoms with Gasteiger partial charge in [-0.3, -0.25) is 9.59 Å². The largest absolute Gasteiger partial charge is 0.481 e. The molecule has 2 rings (SSSR count). The third kappa shape index (κ3) is 3.31. The number of aliphatic carboxylic acids is 1. The Balaban J connectivity index is 2.60. The second-order valence-corrected chi connectivity index (χ2v) is 5.20. The zero-order valence-corrected chi connectivity index (χ0v) is 12.8. The molecule has 0 saturated heterocycles. The number of carboxylic acids is 1. The Morgan fingerprint density at radius 1 is 1.32 bits per heavy atom. The smallest absolute Gasteiger partial charge is 0.310 e. The van der Waals surface area contributed by atoms with Crippen molar-refractivity contribution in [1.82, 2.24) is 9.97 Å². The summed E-state index contributed by atoms with van der Waals surface area (Å²) in [4.78, 5) is 30.3. The first-order chi connectivity index (χ1) is 10.4. The van der Waals surface area contributed by atoms with Gasteiger partial charge in [-0.1, -0.05) is 30.3 Å². The van der Waals surface area contributed by atoms with E-state index in [0.29, 0.717) is 11.5 Å². The van der Waals surface area contributed by atoms with Crippen LogP contribution in [0.3, 0.4) is 0 Å². The SMILES string of the molecule is C/C(=C\c1nc(C)[nH]c(=O)c1C(C)C(=O)O)c1ccccc1. The summed E-state index contributed by atoms with van der Waals surface area (Å²) in [7, 11) is 0. The molecule has 1 heterocycles. The fraction of sp³-hybridized carbons (Fsp3) is 0.235. The molecule has 5 heteroatoms. The van der Waals surface area contributed by atoms with Crippen LogP contribution in [0.1, 0.15) is 42.4 Å². The monoisotopic (exact) mass is 298 g/mol. The second kappa shape index (κ2) is 6.39. The first kappa shape index (κ1) is 15.7. The van der Waals surface area contributed by atoms with Crippen LogP contribution < -0.4 is 5.56 Å². The van der Waals surface area contributed by atoms with E-state index in [4.69, 9.17) is 0 Å². The normalized spacial score (nSPS) is 13.0. The third-order valence-electron chi connectivity index (χ3n) is 3.49. The lowest BCUT2D eigenvalue weighted by molar-refractivity contribution is -0.138. The molecule has 1 aromatic heterocycles. The first-order valence-electron chi connectivity index (χ1n) is 6.97. The molecule has 22 heavy (non-hydrogen) atoms. The van der Waals surface area contributed by atoms with Crippen LogP contribution in [0.4, 0.5) is 0 Å². The van der Waals surface area contributed by atoms with Crippen molar-refractivity contribution in [2.45, 2.75) is 26.7 Å². The van der Waals surface area contributed by atoms with Crippen LogP contribution in [0.15, 0.2) is 35.1 Å². The first-order valence-corrected chi connectivity index (χ1v) is 6.97. The molecule has 1 atom stereocenters. The number of aryl methyl sites for hydroxylation is 1. The predicted molar refractivity (Wildman–Crippen MR) is 85.6 cm³/mol. The lowest BCUT2D eigenvalue weighted by atomic mass is 9.98. The molecular weight excluding hydrogens is 280 g/mol. The summed E-state index contributed by atoms with van der Waals surface area (Å²) in [6.07, 6.45) is 1.76. The van der Waals surface area contributed by atoms with Crippen molar-refractivity contribution in [2.75, 3.05) is 0 Å². The number of H-pyrrole nitrogens is 1. The maximum absolute atomic E-state index is 12.1. The Morgan fingerprint density at radius 2 is 1.95 bits per heavy atom. The Hall–Kier alpha value is -2.69. The van der Waals surface area contributed by atoms with Crippen molar-refractivity contribution >= 4 is 17.6 Å². The van der Waals surface area contributed by atoms with Crippen LogP contribution in [0, 0.1) is 6.92 Å². The lowest BCUT2D eigenvalue weighted by Gasteiger charge is -2.10. The number of nitrogens with zero attached hydrogens (tertiary/aromatic N) is 1. The van der Waals surface area contributed by atoms with Gasteiger partial charge in [0.25, 0.3) is 5.56 Å². The minimum Gasteiger partial charge on any atom is -0.481 e. The van der Waals surface area contributed by atoms with E-state index in [-0.39, 0.29) is 5.56 Å². The van der Waals surface area contributed by atoms with Crippen LogP contribution in [0.2, 0.25) is 0 Å². The number of rotatable bonds is 4. The highest BCUT2D eigenvalue weighted by atomic mass is 16.4. The van der Waals surface area contributed by atoms with Gasteiger partial charge in [0.1, 0.15) is 5.82 Å². The van der Waals surface area contributed by atoms with Gasteiger partial charge in [-0.05, 0) is 38.0 Å². The number of hydrogen-bond acceptors (Lipinski definition) is 3. The van der Waals surface area contributed by atoms with Gasteiger partial charge in [-0.2, -0.15) is 0 Å². The number of benzene rings is 1. The van der Waals surface area contributed by atoms with E-state index in [0.717, 1.165) is 11.1 Å². The quantitative estimate of drug-likeness (QED) is 0.909. The van der Waals surface area contributed by atoms with Crippen molar-refractivity contribution in [1.29, 1.82) is 0 Å². The van der Waals surface area contributed by atoms with E-state index < -0.39 is 17.4 Å². The minimum atomic E-state index is -1.05. The van der Waals surface area contributed by atoms with Crippen molar-refractivity contribution in [3.05, 3.63) is 63.3 Å². The minimum absolute atomic E-state index is 0.174. The molecule has 0 aliphatic rings. The molecule has 1 unspecified atom stereocenters. The summed E-state index contributed by atoms with van der Waals surface area (Å²) >= 11 is 0. The fourth-order valence-corrected chi connectivity index (χ4v) is 2.26. The molecule has 5 nitrogen and oxygen atoms in total. The summed E-state index contributed by atoms with van der Waals surface area (Å²) in [5, 5.41) is 9.20. The Labute approximate surface area is 128 Å². The van der Waals surface area contributed by atoms with Gasteiger partial charge >= 0.3 is 5.97 Å². The number of hydrogen-bond donors (Lipinski definition) is 2. The maximum Gasteiger partial charge on any atom is 0.310 e. The van der Waals surface area contributed by atoms with Crippen molar-refractivity contribution in [3.63, 3.8) is 0 Å². The summed E-state index contributed by atoms with van der Waals surface area (Å²) in [5.74, 6) is -1.52. The van der Waals surface area contributed by atoms with Gasteiger partial charge in [-0.15, -0.1) is 0 Å². The molecule has 0 fully saturated rings. The highest BCUT2D eigenvalue weighted by Gasteiger charge is 2.22. The van der Waals surface area contributed by atoms with Gasteiger partial charge in [0.2, 0.25) is 0 Å². The zero-order valence-electron chi connectivity index (χ0n) is 12.8. The molecule has 0 amide bonds. The van der Waals surface area contributed by atoms with Crippen molar-refractivity contribution in [2.24, 2.45) is 0 Å². The molecule has 0 radical (unpaired) electrons. The molecule has 0 saturated carbocycles. The summed E-state index contributed by atoms with van der Waals surface area (Å²) in [6.45, 7) is 5.06. The molecule has 2 N–H and O–H groups in total. The molecule has 2 aromatic rings. The van der Waals surface area contributed by atoms with Crippen molar-refractivity contribution in [3.8, 4) is 0 Å². The number of aromatic amines is 1. The van der Waals surface area contributed by atoms with E-state index >= 15 is 0 Å². The fourth-order valence-electron chi connectivity index (χ4n) is 2.26. The molecule has 114 valence electrons. The average Bonchev–Trinajstić information content (AvgIpc) is 2.47. The third-order valence-corrected chi connectivity index (χ3v) is 3.49. The van der Waals surface area contributed by atoms with Crippen LogP contribution in [-0.4, -0.2) is 21.0 Å². The van der Waals surface area contributed by atoms with E-state index in [9.17, 15) is 14.7 Å². The maximum atomic E-state index is 12.1. The van der Waals surface area contributed by atoms with E-state index in [1.165, 1.54) is 6.92 Å². The van der Waals surface area contributed by atoms with Crippen LogP contribution in [0.25, 0.3) is 11.6 Å². The molecule has 0 aliphatic carbocycles. The van der Waals surface area contributed by atoms with Gasteiger partial charge in [-0.25, -0.2) is 4.98 Å². The zero-order chi connectivity index (χ0) is 16.3. The lowest BCUT2D eigenvalue weighted by Crippen LogP contribution is -2.23. The Kier molecular flexibility index (Phi) is 4.56. The highest BCUT2D eigenvalue weighted by Crippen LogP contribution is 2.21. The molecule has 0 bridgehead atoms. The molecule has 0 spiro atoms. The van der Waals surface area contributed by atoms with Crippen LogP contribution in [-0.2, 0) is 4.79 Å². The Bertz CT molecular complexity index is 776. The number of aromatic nitrogens is 2. The van der Waals surface area contributed by atoms with Gasteiger partial charge in [0.15, 0.2) is 0 Å². The number of allylic oxidation sites excluding steroid dienone is 1. The summed E-state index contributed by atoms with van der Waals surface area (Å²) < 4.78 is 0. The standard InChI is InChI=1S/C17H18N2O3/c1-10(13-7-5-4-6-8-13)9-14-15(11(2)17(21)22)16(20)19-12(3)18-14/h4-9,11H,1-3H3,(H,21,22)(H,18,19,20)/b10-9+. The average molecular weight is 298 g/mol. The number of carboxylic acid groups (broad SMARTS) is 1. The molecule has 1 aromatic carbocycles. The molecular formula is C17H18N2O3. The summed E-state index contributed by atoms with van der Waals surface area (Å²) in [5.41, 5.74) is 2.08. The van der Waals surface area contributed by atoms with Gasteiger partial charge < -0.3 is 10.1 Å².